The number of methoxy groups -OCH3 is 1. The number of hydrogen-bond acceptors (Lipinski definition) is 3. The van der Waals surface area contributed by atoms with E-state index in [0.717, 1.165) is 17.7 Å². The van der Waals surface area contributed by atoms with Gasteiger partial charge in [0.25, 0.3) is 5.91 Å². The van der Waals surface area contributed by atoms with E-state index < -0.39 is 17.8 Å². The number of alkyl halides is 3. The van der Waals surface area contributed by atoms with E-state index in [1.807, 2.05) is 38.1 Å². The summed E-state index contributed by atoms with van der Waals surface area (Å²) in [5.41, 5.74) is 2.24. The van der Waals surface area contributed by atoms with Crippen LogP contribution in [0.2, 0.25) is 0 Å². The molecule has 1 N–H and O–H groups in total. The molecule has 1 aliphatic heterocycles. The van der Waals surface area contributed by atoms with Gasteiger partial charge in [-0.1, -0.05) is 44.2 Å². The summed E-state index contributed by atoms with van der Waals surface area (Å²) in [6.07, 6.45) is -3.86. The molecule has 3 aromatic rings. The summed E-state index contributed by atoms with van der Waals surface area (Å²) in [4.78, 5) is 13.0. The number of para-hydroxylation sites is 1. The second kappa shape index (κ2) is 8.33. The lowest BCUT2D eigenvalue weighted by molar-refractivity contribution is -0.137. The third-order valence-electron chi connectivity index (χ3n) is 5.51. The average Bonchev–Trinajstić information content (AvgIpc) is 3.26. The standard InChI is InChI=1S/C24H24F3N3O2/c1-14(2)11-18-20-21(15-8-6-9-17(12-15)24(25,26)27)28-23(31)22(20)30(29-18)13-16-7-4-5-10-19(16)32-3/h4-10,12,14,21H,11,13H2,1-3H3,(H,28,31). The van der Waals surface area contributed by atoms with Gasteiger partial charge in [0.2, 0.25) is 0 Å². The van der Waals surface area contributed by atoms with Crippen LogP contribution in [0.5, 0.6) is 5.75 Å². The molecule has 5 nitrogen and oxygen atoms in total. The Morgan fingerprint density at radius 2 is 1.91 bits per heavy atom. The molecule has 1 unspecified atom stereocenters. The van der Waals surface area contributed by atoms with Crippen molar-refractivity contribution in [1.29, 1.82) is 0 Å². The topological polar surface area (TPSA) is 56.2 Å². The predicted octanol–water partition coefficient (Wildman–Crippen LogP) is 4.99. The maximum Gasteiger partial charge on any atom is 0.416 e. The van der Waals surface area contributed by atoms with Gasteiger partial charge in [0.1, 0.15) is 11.4 Å². The van der Waals surface area contributed by atoms with E-state index in [9.17, 15) is 18.0 Å². The van der Waals surface area contributed by atoms with Gasteiger partial charge in [0, 0.05) is 11.1 Å². The van der Waals surface area contributed by atoms with Crippen molar-refractivity contribution in [2.45, 2.75) is 39.0 Å². The first-order valence-corrected chi connectivity index (χ1v) is 10.4. The fourth-order valence-corrected chi connectivity index (χ4v) is 4.13. The van der Waals surface area contributed by atoms with Crippen molar-refractivity contribution in [3.8, 4) is 5.75 Å². The highest BCUT2D eigenvalue weighted by molar-refractivity contribution is 5.98. The molecular formula is C24H24F3N3O2. The van der Waals surface area contributed by atoms with Crippen LogP contribution in [0.25, 0.3) is 0 Å². The van der Waals surface area contributed by atoms with Crippen LogP contribution in [0.15, 0.2) is 48.5 Å². The lowest BCUT2D eigenvalue weighted by Gasteiger charge is -2.16. The Bertz CT molecular complexity index is 1150. The number of fused-ring (bicyclic) bond motifs is 1. The molecule has 0 saturated heterocycles. The quantitative estimate of drug-likeness (QED) is 0.584. The van der Waals surface area contributed by atoms with Crippen molar-refractivity contribution < 1.29 is 22.7 Å². The zero-order valence-electron chi connectivity index (χ0n) is 18.0. The number of carbonyl (C=O) groups excluding carboxylic acids is 1. The van der Waals surface area contributed by atoms with Gasteiger partial charge in [0.15, 0.2) is 0 Å². The summed E-state index contributed by atoms with van der Waals surface area (Å²) in [5.74, 6) is 0.585. The number of nitrogens with zero attached hydrogens (tertiary/aromatic N) is 2. The summed E-state index contributed by atoms with van der Waals surface area (Å²) in [6, 6.07) is 11.9. The van der Waals surface area contributed by atoms with Crippen LogP contribution in [0.1, 0.15) is 58.3 Å². The molecule has 32 heavy (non-hydrogen) atoms. The largest absolute Gasteiger partial charge is 0.496 e. The molecule has 0 aliphatic carbocycles. The number of amides is 1. The Morgan fingerprint density at radius 1 is 1.16 bits per heavy atom. The molecule has 4 rings (SSSR count). The first-order chi connectivity index (χ1) is 15.2. The van der Waals surface area contributed by atoms with Crippen LogP contribution in [-0.4, -0.2) is 22.8 Å². The predicted molar refractivity (Wildman–Crippen MR) is 114 cm³/mol. The first kappa shape index (κ1) is 21.9. The Labute approximate surface area is 184 Å². The molecule has 1 aliphatic rings. The minimum absolute atomic E-state index is 0.256. The highest BCUT2D eigenvalue weighted by Crippen LogP contribution is 2.38. The Morgan fingerprint density at radius 3 is 2.59 bits per heavy atom. The molecule has 8 heteroatoms. The second-order valence-corrected chi connectivity index (χ2v) is 8.31. The van der Waals surface area contributed by atoms with Crippen molar-refractivity contribution in [3.63, 3.8) is 0 Å². The van der Waals surface area contributed by atoms with Crippen LogP contribution in [0, 0.1) is 5.92 Å². The van der Waals surface area contributed by atoms with Gasteiger partial charge in [-0.25, -0.2) is 0 Å². The van der Waals surface area contributed by atoms with Crippen LogP contribution < -0.4 is 10.1 Å². The minimum atomic E-state index is -4.46. The van der Waals surface area contributed by atoms with Gasteiger partial charge in [-0.05, 0) is 36.1 Å². The molecule has 1 amide bonds. The molecule has 1 atom stereocenters. The molecule has 1 aromatic heterocycles. The molecule has 0 bridgehead atoms. The third-order valence-corrected chi connectivity index (χ3v) is 5.51. The monoisotopic (exact) mass is 443 g/mol. The molecule has 2 heterocycles. The zero-order valence-corrected chi connectivity index (χ0v) is 18.0. The normalized spacial score (nSPS) is 15.7. The fourth-order valence-electron chi connectivity index (χ4n) is 4.13. The third kappa shape index (κ3) is 4.09. The van der Waals surface area contributed by atoms with E-state index in [2.05, 4.69) is 5.32 Å². The molecule has 2 aromatic carbocycles. The molecule has 0 fully saturated rings. The summed E-state index contributed by atoms with van der Waals surface area (Å²) < 4.78 is 46.9. The number of hydrogen-bond donors (Lipinski definition) is 1. The molecular weight excluding hydrogens is 419 g/mol. The van der Waals surface area contributed by atoms with E-state index in [1.54, 1.807) is 17.9 Å². The summed E-state index contributed by atoms with van der Waals surface area (Å²) in [5, 5.41) is 7.58. The van der Waals surface area contributed by atoms with E-state index in [-0.39, 0.29) is 11.8 Å². The van der Waals surface area contributed by atoms with Crippen molar-refractivity contribution in [2.24, 2.45) is 5.92 Å². The van der Waals surface area contributed by atoms with Gasteiger partial charge < -0.3 is 10.1 Å². The number of nitrogens with one attached hydrogen (secondary N) is 1. The Kier molecular flexibility index (Phi) is 5.71. The molecule has 0 saturated carbocycles. The lowest BCUT2D eigenvalue weighted by Crippen LogP contribution is -2.24. The van der Waals surface area contributed by atoms with Crippen LogP contribution >= 0.6 is 0 Å². The SMILES string of the molecule is COc1ccccc1Cn1nc(CC(C)C)c2c1C(=O)NC2c1cccc(C(F)(F)F)c1. The first-order valence-electron chi connectivity index (χ1n) is 10.4. The number of halogens is 3. The van der Waals surface area contributed by atoms with Crippen molar-refractivity contribution in [2.75, 3.05) is 7.11 Å². The van der Waals surface area contributed by atoms with Gasteiger partial charge in [0.05, 0.1) is 31.0 Å². The summed E-state index contributed by atoms with van der Waals surface area (Å²) >= 11 is 0. The van der Waals surface area contributed by atoms with Gasteiger partial charge in [-0.3, -0.25) is 9.48 Å². The van der Waals surface area contributed by atoms with Crippen molar-refractivity contribution >= 4 is 5.91 Å². The number of ether oxygens (including phenoxy) is 1. The smallest absolute Gasteiger partial charge is 0.416 e. The Hall–Kier alpha value is -3.29. The Balaban J connectivity index is 1.81. The zero-order chi connectivity index (χ0) is 23.0. The molecule has 0 spiro atoms. The van der Waals surface area contributed by atoms with Gasteiger partial charge in [-0.15, -0.1) is 0 Å². The number of rotatable bonds is 6. The highest BCUT2D eigenvalue weighted by atomic mass is 19.4. The van der Waals surface area contributed by atoms with Crippen molar-refractivity contribution in [1.82, 2.24) is 15.1 Å². The average molecular weight is 443 g/mol. The maximum absolute atomic E-state index is 13.3. The molecule has 0 radical (unpaired) electrons. The summed E-state index contributed by atoms with van der Waals surface area (Å²) in [6.45, 7) is 4.39. The second-order valence-electron chi connectivity index (χ2n) is 8.31. The van der Waals surface area contributed by atoms with Gasteiger partial charge in [-0.2, -0.15) is 18.3 Å². The number of aromatic nitrogens is 2. The minimum Gasteiger partial charge on any atom is -0.496 e. The number of carbonyl (C=O) groups is 1. The molecule has 168 valence electrons. The lowest BCUT2D eigenvalue weighted by atomic mass is 9.95. The van der Waals surface area contributed by atoms with Crippen LogP contribution in [-0.2, 0) is 19.1 Å². The van der Waals surface area contributed by atoms with E-state index >= 15 is 0 Å². The van der Waals surface area contributed by atoms with E-state index in [4.69, 9.17) is 9.84 Å². The van der Waals surface area contributed by atoms with Crippen LogP contribution in [0.3, 0.4) is 0 Å². The maximum atomic E-state index is 13.3. The van der Waals surface area contributed by atoms with E-state index in [1.165, 1.54) is 6.07 Å². The number of benzene rings is 2. The van der Waals surface area contributed by atoms with E-state index in [0.29, 0.717) is 41.2 Å². The van der Waals surface area contributed by atoms with Crippen LogP contribution in [0.4, 0.5) is 13.2 Å². The van der Waals surface area contributed by atoms with Crippen molar-refractivity contribution in [3.05, 3.63) is 82.2 Å². The van der Waals surface area contributed by atoms with Gasteiger partial charge >= 0.3 is 6.18 Å². The fraction of sp³-hybridized carbons (Fsp3) is 0.333. The summed E-state index contributed by atoms with van der Waals surface area (Å²) in [7, 11) is 1.58. The highest BCUT2D eigenvalue weighted by Gasteiger charge is 2.39.